The van der Waals surface area contributed by atoms with Crippen LogP contribution < -0.4 is 5.56 Å². The molecule has 7 nitrogen and oxygen atoms in total. The third-order valence-corrected chi connectivity index (χ3v) is 5.94. The highest BCUT2D eigenvalue weighted by molar-refractivity contribution is 5.69. The maximum atomic E-state index is 12.7. The molecule has 1 aromatic heterocycles. The fourth-order valence-electron chi connectivity index (χ4n) is 4.08. The maximum absolute atomic E-state index is 12.7. The van der Waals surface area contributed by atoms with Crippen LogP contribution in [-0.4, -0.2) is 50.3 Å². The zero-order valence-corrected chi connectivity index (χ0v) is 21.6. The second kappa shape index (κ2) is 12.3. The summed E-state index contributed by atoms with van der Waals surface area (Å²) < 4.78 is 43.8. The summed E-state index contributed by atoms with van der Waals surface area (Å²) >= 11 is 0. The summed E-state index contributed by atoms with van der Waals surface area (Å²) in [5.74, 6) is 0. The lowest BCUT2D eigenvalue weighted by Crippen LogP contribution is -2.45. The van der Waals surface area contributed by atoms with Crippen molar-refractivity contribution in [2.45, 2.75) is 64.1 Å². The molecule has 0 bridgehead atoms. The number of benzene rings is 2. The Bertz CT molecular complexity index is 1210. The molecule has 0 saturated carbocycles. The molecule has 2 aromatic carbocycles. The summed E-state index contributed by atoms with van der Waals surface area (Å²) in [5.41, 5.74) is -0.160. The number of cyclic esters (lactones) is 1. The fourth-order valence-corrected chi connectivity index (χ4v) is 4.08. The second-order valence-electron chi connectivity index (χ2n) is 9.79. The fraction of sp³-hybridized carbons (Fsp3) is 0.393. The van der Waals surface area contributed by atoms with Gasteiger partial charge in [0.15, 0.2) is 0 Å². The molecule has 1 aliphatic heterocycles. The van der Waals surface area contributed by atoms with Crippen molar-refractivity contribution in [2.75, 3.05) is 6.54 Å². The van der Waals surface area contributed by atoms with Gasteiger partial charge in [0, 0.05) is 31.0 Å². The van der Waals surface area contributed by atoms with E-state index in [9.17, 15) is 27.9 Å². The van der Waals surface area contributed by atoms with E-state index in [0.29, 0.717) is 29.6 Å². The van der Waals surface area contributed by atoms with Crippen LogP contribution in [0, 0.1) is 0 Å². The van der Waals surface area contributed by atoms with Crippen LogP contribution in [0.5, 0.6) is 0 Å². The molecule has 1 saturated heterocycles. The second-order valence-corrected chi connectivity index (χ2v) is 9.79. The highest BCUT2D eigenvalue weighted by Gasteiger charge is 2.33. The molecule has 2 heterocycles. The van der Waals surface area contributed by atoms with Gasteiger partial charge in [-0.05, 0) is 32.4 Å². The summed E-state index contributed by atoms with van der Waals surface area (Å²) in [6.07, 6.45) is -4.39. The van der Waals surface area contributed by atoms with Gasteiger partial charge in [-0.2, -0.15) is 18.3 Å². The molecule has 204 valence electrons. The van der Waals surface area contributed by atoms with E-state index in [-0.39, 0.29) is 17.8 Å². The number of rotatable bonds is 6. The molecule has 0 radical (unpaired) electrons. The topological polar surface area (TPSA) is 84.7 Å². The summed E-state index contributed by atoms with van der Waals surface area (Å²) in [7, 11) is 0. The lowest BCUT2D eigenvalue weighted by molar-refractivity contribution is -0.143. The largest absolute Gasteiger partial charge is 0.446 e. The van der Waals surface area contributed by atoms with Crippen molar-refractivity contribution < 1.29 is 27.8 Å². The van der Waals surface area contributed by atoms with E-state index in [2.05, 4.69) is 5.10 Å². The van der Waals surface area contributed by atoms with E-state index in [4.69, 9.17) is 4.74 Å². The average molecular weight is 532 g/mol. The Labute approximate surface area is 219 Å². The summed E-state index contributed by atoms with van der Waals surface area (Å²) in [6.45, 7) is 4.21. The molecule has 1 N–H and O–H groups in total. The minimum absolute atomic E-state index is 0.236. The number of amides is 1. The number of alkyl halides is 3. The lowest BCUT2D eigenvalue weighted by atomic mass is 9.97. The summed E-state index contributed by atoms with van der Waals surface area (Å²) in [6, 6.07) is 21.0. The van der Waals surface area contributed by atoms with Crippen molar-refractivity contribution in [2.24, 2.45) is 0 Å². The number of aliphatic hydroxyl groups is 1. The third-order valence-electron chi connectivity index (χ3n) is 5.94. The number of aromatic nitrogens is 2. The van der Waals surface area contributed by atoms with Crippen LogP contribution in [0.25, 0.3) is 11.3 Å². The van der Waals surface area contributed by atoms with Gasteiger partial charge < -0.3 is 14.7 Å². The molecular formula is C28H32F3N3O4. The summed E-state index contributed by atoms with van der Waals surface area (Å²) in [5, 5.41) is 13.8. The number of carbonyl (C=O) groups excluding carboxylic acids is 1. The molecule has 1 fully saturated rings. The van der Waals surface area contributed by atoms with E-state index < -0.39 is 30.0 Å². The van der Waals surface area contributed by atoms with Gasteiger partial charge in [0.1, 0.15) is 12.6 Å². The normalized spacial score (nSPS) is 16.8. The molecule has 0 aliphatic carbocycles. The van der Waals surface area contributed by atoms with Crippen molar-refractivity contribution >= 4 is 6.09 Å². The third kappa shape index (κ3) is 8.72. The highest BCUT2D eigenvalue weighted by Crippen LogP contribution is 2.29. The molecule has 10 heteroatoms. The smallest absolute Gasteiger partial charge is 0.410 e. The molecule has 3 aromatic rings. The molecule has 2 unspecified atom stereocenters. The van der Waals surface area contributed by atoms with Gasteiger partial charge in [-0.1, -0.05) is 60.7 Å². The van der Waals surface area contributed by atoms with Gasteiger partial charge >= 0.3 is 12.3 Å². The first-order chi connectivity index (χ1) is 17.8. The predicted octanol–water partition coefficient (Wildman–Crippen LogP) is 5.59. The van der Waals surface area contributed by atoms with Crippen LogP contribution in [0.2, 0.25) is 0 Å². The molecule has 2 atom stereocenters. The Morgan fingerprint density at radius 1 is 1.00 bits per heavy atom. The Morgan fingerprint density at radius 3 is 2.08 bits per heavy atom. The minimum atomic E-state index is -4.55. The van der Waals surface area contributed by atoms with Gasteiger partial charge in [-0.15, -0.1) is 0 Å². The number of ether oxygens (including phenoxy) is 1. The van der Waals surface area contributed by atoms with Crippen molar-refractivity contribution in [3.63, 3.8) is 0 Å². The zero-order valence-electron chi connectivity index (χ0n) is 21.6. The predicted molar refractivity (Wildman–Crippen MR) is 137 cm³/mol. The van der Waals surface area contributed by atoms with Gasteiger partial charge in [-0.25, -0.2) is 9.48 Å². The Balaban J connectivity index is 0.000000585. The van der Waals surface area contributed by atoms with Gasteiger partial charge in [-0.3, -0.25) is 4.79 Å². The van der Waals surface area contributed by atoms with Gasteiger partial charge in [0.25, 0.3) is 5.56 Å². The van der Waals surface area contributed by atoms with E-state index in [0.717, 1.165) is 11.6 Å². The Kier molecular flexibility index (Phi) is 9.32. The van der Waals surface area contributed by atoms with E-state index in [1.807, 2.05) is 43.3 Å². The maximum Gasteiger partial charge on any atom is 0.410 e. The van der Waals surface area contributed by atoms with E-state index in [1.54, 1.807) is 43.0 Å². The van der Waals surface area contributed by atoms with Crippen molar-refractivity contribution in [3.05, 3.63) is 88.7 Å². The van der Waals surface area contributed by atoms with Crippen LogP contribution in [0.3, 0.4) is 0 Å². The van der Waals surface area contributed by atoms with E-state index in [1.165, 1.54) is 6.07 Å². The summed E-state index contributed by atoms with van der Waals surface area (Å²) in [4.78, 5) is 25.7. The SMILES string of the molecule is CC(c1ccc(-c2ccc(=O)n(CC(F)(F)F)n2)cc1)N1CCC(CC(C)(C)O)OC1=O.c1ccccc1. The van der Waals surface area contributed by atoms with Crippen molar-refractivity contribution in [3.8, 4) is 11.3 Å². The monoisotopic (exact) mass is 531 g/mol. The van der Waals surface area contributed by atoms with Crippen LogP contribution in [0.15, 0.2) is 77.6 Å². The zero-order chi connectivity index (χ0) is 27.9. The highest BCUT2D eigenvalue weighted by atomic mass is 19.4. The van der Waals surface area contributed by atoms with Crippen LogP contribution in [-0.2, 0) is 11.3 Å². The standard InChI is InChI=1S/C22H26F3N3O4.C6H6/c1-14(27-11-10-17(32-20(27)30)12-21(2,3)31)15-4-6-16(7-5-15)18-8-9-19(29)28(26-18)13-22(23,24)25;1-2-4-6-5-3-1/h4-9,14,17,31H,10-13H2,1-3H3;1-6H. The lowest BCUT2D eigenvalue weighted by Gasteiger charge is -2.37. The average Bonchev–Trinajstić information content (AvgIpc) is 2.85. The first-order valence-electron chi connectivity index (χ1n) is 12.3. The van der Waals surface area contributed by atoms with Crippen LogP contribution in [0.1, 0.15) is 45.2 Å². The van der Waals surface area contributed by atoms with Crippen molar-refractivity contribution in [1.29, 1.82) is 0 Å². The number of nitrogens with zero attached hydrogens (tertiary/aromatic N) is 3. The number of carbonyl (C=O) groups is 1. The minimum Gasteiger partial charge on any atom is -0.446 e. The number of halogens is 3. The van der Waals surface area contributed by atoms with Crippen LogP contribution in [0.4, 0.5) is 18.0 Å². The van der Waals surface area contributed by atoms with Crippen molar-refractivity contribution in [1.82, 2.24) is 14.7 Å². The van der Waals surface area contributed by atoms with E-state index >= 15 is 0 Å². The quantitative estimate of drug-likeness (QED) is 0.448. The van der Waals surface area contributed by atoms with Crippen LogP contribution >= 0.6 is 0 Å². The molecule has 1 amide bonds. The Hall–Kier alpha value is -3.66. The first-order valence-corrected chi connectivity index (χ1v) is 12.3. The molecule has 0 spiro atoms. The molecule has 1 aliphatic rings. The molecular weight excluding hydrogens is 499 g/mol. The number of hydrogen-bond acceptors (Lipinski definition) is 5. The molecule has 38 heavy (non-hydrogen) atoms. The first kappa shape index (κ1) is 28.9. The van der Waals surface area contributed by atoms with Gasteiger partial charge in [0.2, 0.25) is 0 Å². The Morgan fingerprint density at radius 2 is 1.58 bits per heavy atom. The van der Waals surface area contributed by atoms with Gasteiger partial charge in [0.05, 0.1) is 17.3 Å². The molecule has 4 rings (SSSR count). The number of hydrogen-bond donors (Lipinski definition) is 1.